The summed E-state index contributed by atoms with van der Waals surface area (Å²) in [6, 6.07) is 20.7. The van der Waals surface area contributed by atoms with E-state index in [4.69, 9.17) is 0 Å². The largest absolute Gasteiger partial charge is 0.289 e. The maximum atomic E-state index is 12.8. The zero-order valence-corrected chi connectivity index (χ0v) is 14.6. The first-order valence-electron chi connectivity index (χ1n) is 8.80. The summed E-state index contributed by atoms with van der Waals surface area (Å²) in [6.45, 7) is 0. The van der Waals surface area contributed by atoms with Crippen molar-refractivity contribution < 1.29 is 9.72 Å². The van der Waals surface area contributed by atoms with Gasteiger partial charge in [0, 0.05) is 17.2 Å². The molecule has 0 spiro atoms. The molecule has 3 aromatic rings. The Morgan fingerprint density at radius 1 is 0.815 bits per heavy atom. The molecule has 4 heteroatoms. The molecule has 4 rings (SSSR count). The molecule has 0 N–H and O–H groups in total. The molecule has 0 atom stereocenters. The lowest BCUT2D eigenvalue weighted by molar-refractivity contribution is -0.385. The maximum absolute atomic E-state index is 12.8. The van der Waals surface area contributed by atoms with Gasteiger partial charge < -0.3 is 0 Å². The number of nitro groups is 1. The van der Waals surface area contributed by atoms with Gasteiger partial charge in [-0.3, -0.25) is 14.9 Å². The highest BCUT2D eigenvalue weighted by Gasteiger charge is 2.24. The Labute approximate surface area is 156 Å². The number of nitrogens with zero attached hydrogens (tertiary/aromatic N) is 1. The van der Waals surface area contributed by atoms with Crippen LogP contribution in [-0.2, 0) is 4.79 Å². The number of rotatable bonds is 3. The predicted octanol–water partition coefficient (Wildman–Crippen LogP) is 5.58. The van der Waals surface area contributed by atoms with Crippen molar-refractivity contribution in [1.82, 2.24) is 0 Å². The molecule has 0 radical (unpaired) electrons. The van der Waals surface area contributed by atoms with Gasteiger partial charge in [-0.1, -0.05) is 48.5 Å². The smallest absolute Gasteiger partial charge is 0.276 e. The van der Waals surface area contributed by atoms with Gasteiger partial charge in [0.2, 0.25) is 0 Å². The van der Waals surface area contributed by atoms with Crippen LogP contribution in [0.3, 0.4) is 0 Å². The third-order valence-electron chi connectivity index (χ3n) is 4.82. The fourth-order valence-corrected chi connectivity index (χ4v) is 3.44. The normalized spacial score (nSPS) is 17.1. The topological polar surface area (TPSA) is 60.2 Å². The Morgan fingerprint density at radius 2 is 1.48 bits per heavy atom. The van der Waals surface area contributed by atoms with Crippen LogP contribution in [0.15, 0.2) is 77.9 Å². The van der Waals surface area contributed by atoms with Crippen LogP contribution >= 0.6 is 0 Å². The minimum absolute atomic E-state index is 0.0183. The van der Waals surface area contributed by atoms with E-state index in [0.29, 0.717) is 24.0 Å². The quantitative estimate of drug-likeness (QED) is 0.350. The van der Waals surface area contributed by atoms with Crippen LogP contribution in [0.1, 0.15) is 24.0 Å². The molecule has 1 fully saturated rings. The summed E-state index contributed by atoms with van der Waals surface area (Å²) in [7, 11) is 0. The van der Waals surface area contributed by atoms with Crippen LogP contribution in [0.4, 0.5) is 5.69 Å². The van der Waals surface area contributed by atoms with E-state index in [1.54, 1.807) is 24.3 Å². The van der Waals surface area contributed by atoms with E-state index in [1.807, 2.05) is 36.4 Å². The molecule has 0 heterocycles. The Balaban J connectivity index is 1.65. The van der Waals surface area contributed by atoms with E-state index in [1.165, 1.54) is 6.07 Å². The fraction of sp³-hybridized carbons (Fsp3) is 0.0870. The molecule has 1 aliphatic rings. The van der Waals surface area contributed by atoms with E-state index in [-0.39, 0.29) is 11.5 Å². The third kappa shape index (κ3) is 3.42. The molecule has 0 bridgehead atoms. The zero-order valence-electron chi connectivity index (χ0n) is 14.6. The third-order valence-corrected chi connectivity index (χ3v) is 4.82. The Kier molecular flexibility index (Phi) is 4.38. The summed E-state index contributed by atoms with van der Waals surface area (Å²) in [5.41, 5.74) is 2.85. The molecule has 0 unspecified atom stereocenters. The fourth-order valence-electron chi connectivity index (χ4n) is 3.44. The van der Waals surface area contributed by atoms with E-state index in [0.717, 1.165) is 21.9 Å². The van der Waals surface area contributed by atoms with Crippen LogP contribution in [0.25, 0.3) is 22.9 Å². The summed E-state index contributed by atoms with van der Waals surface area (Å²) in [6.07, 6.45) is 4.83. The highest BCUT2D eigenvalue weighted by molar-refractivity contribution is 6.15. The lowest BCUT2D eigenvalue weighted by Crippen LogP contribution is -1.97. The molecule has 0 saturated heterocycles. The second-order valence-electron chi connectivity index (χ2n) is 6.59. The van der Waals surface area contributed by atoms with Gasteiger partial charge in [0.1, 0.15) is 0 Å². The van der Waals surface area contributed by atoms with Crippen molar-refractivity contribution >= 4 is 34.4 Å². The average molecular weight is 355 g/mol. The first kappa shape index (κ1) is 16.9. The number of ketones is 1. The van der Waals surface area contributed by atoms with Crippen molar-refractivity contribution in [1.29, 1.82) is 0 Å². The van der Waals surface area contributed by atoms with Crippen LogP contribution in [0, 0.1) is 10.1 Å². The lowest BCUT2D eigenvalue weighted by Gasteiger charge is -2.01. The molecule has 27 heavy (non-hydrogen) atoms. The van der Waals surface area contributed by atoms with Gasteiger partial charge in [-0.25, -0.2) is 0 Å². The average Bonchev–Trinajstić information content (AvgIpc) is 3.02. The molecule has 4 nitrogen and oxygen atoms in total. The van der Waals surface area contributed by atoms with Gasteiger partial charge in [-0.05, 0) is 53.5 Å². The summed E-state index contributed by atoms with van der Waals surface area (Å²) in [5.74, 6) is -0.0266. The summed E-state index contributed by atoms with van der Waals surface area (Å²) in [5, 5.41) is 13.5. The first-order valence-corrected chi connectivity index (χ1v) is 8.80. The molecule has 0 aromatic heterocycles. The Hall–Kier alpha value is -3.53. The number of fused-ring (bicyclic) bond motifs is 1. The number of Topliss-reactive ketones (excluding diaryl/α,β-unsaturated/α-hetero) is 1. The first-order chi connectivity index (χ1) is 13.1. The van der Waals surface area contributed by atoms with Crippen molar-refractivity contribution in [3.05, 3.63) is 99.1 Å². The minimum atomic E-state index is -0.419. The van der Waals surface area contributed by atoms with Gasteiger partial charge in [0.05, 0.1) is 10.5 Å². The number of para-hydroxylation sites is 1. The summed E-state index contributed by atoms with van der Waals surface area (Å²) < 4.78 is 0. The predicted molar refractivity (Wildman–Crippen MR) is 107 cm³/mol. The van der Waals surface area contributed by atoms with Gasteiger partial charge in [-0.2, -0.15) is 0 Å². The van der Waals surface area contributed by atoms with Gasteiger partial charge >= 0.3 is 0 Å². The standard InChI is InChI=1S/C23H17NO3/c25-23-20(14-16-9-10-17-5-1-2-6-18(17)13-16)11-12-21(23)15-19-7-3-4-8-22(19)24(26)27/h1-10,13-15H,11-12H2/b20-14+,21-15+. The van der Waals surface area contributed by atoms with Crippen molar-refractivity contribution in [2.24, 2.45) is 0 Å². The molecule has 1 saturated carbocycles. The van der Waals surface area contributed by atoms with Crippen LogP contribution < -0.4 is 0 Å². The van der Waals surface area contributed by atoms with Crippen molar-refractivity contribution in [3.63, 3.8) is 0 Å². The zero-order chi connectivity index (χ0) is 18.8. The van der Waals surface area contributed by atoms with Crippen molar-refractivity contribution in [2.45, 2.75) is 12.8 Å². The molecule has 0 aliphatic heterocycles. The minimum Gasteiger partial charge on any atom is -0.289 e. The summed E-state index contributed by atoms with van der Waals surface area (Å²) >= 11 is 0. The van der Waals surface area contributed by atoms with E-state index in [2.05, 4.69) is 12.1 Å². The van der Waals surface area contributed by atoms with Gasteiger partial charge in [-0.15, -0.1) is 0 Å². The van der Waals surface area contributed by atoms with E-state index in [9.17, 15) is 14.9 Å². The van der Waals surface area contributed by atoms with Gasteiger partial charge in [0.25, 0.3) is 5.69 Å². The van der Waals surface area contributed by atoms with Gasteiger partial charge in [0.15, 0.2) is 5.78 Å². The molecule has 132 valence electrons. The Bertz CT molecular complexity index is 1130. The van der Waals surface area contributed by atoms with Crippen molar-refractivity contribution in [2.75, 3.05) is 0 Å². The highest BCUT2D eigenvalue weighted by atomic mass is 16.6. The maximum Gasteiger partial charge on any atom is 0.276 e. The number of benzene rings is 3. The number of nitro benzene ring substituents is 1. The van der Waals surface area contributed by atoms with Crippen molar-refractivity contribution in [3.8, 4) is 0 Å². The number of carbonyl (C=O) groups excluding carboxylic acids is 1. The number of carbonyl (C=O) groups is 1. The van der Waals surface area contributed by atoms with Crippen LogP contribution in [0.5, 0.6) is 0 Å². The number of hydrogen-bond acceptors (Lipinski definition) is 3. The van der Waals surface area contributed by atoms with Crippen LogP contribution in [0.2, 0.25) is 0 Å². The number of hydrogen-bond donors (Lipinski definition) is 0. The summed E-state index contributed by atoms with van der Waals surface area (Å²) in [4.78, 5) is 23.5. The highest BCUT2D eigenvalue weighted by Crippen LogP contribution is 2.31. The van der Waals surface area contributed by atoms with Crippen LogP contribution in [-0.4, -0.2) is 10.7 Å². The second-order valence-corrected chi connectivity index (χ2v) is 6.59. The second kappa shape index (κ2) is 7.00. The lowest BCUT2D eigenvalue weighted by atomic mass is 10.0. The Morgan fingerprint density at radius 3 is 2.26 bits per heavy atom. The molecular formula is C23H17NO3. The number of allylic oxidation sites excluding steroid dienone is 2. The molecular weight excluding hydrogens is 338 g/mol. The molecule has 3 aromatic carbocycles. The SMILES string of the molecule is O=C1/C(=C/c2ccc3ccccc3c2)CC/C1=C\c1ccccc1[N+](=O)[O-]. The monoisotopic (exact) mass is 355 g/mol. The molecule has 0 amide bonds. The van der Waals surface area contributed by atoms with E-state index < -0.39 is 4.92 Å². The van der Waals surface area contributed by atoms with E-state index >= 15 is 0 Å². The molecule has 1 aliphatic carbocycles.